The van der Waals surface area contributed by atoms with E-state index in [0.29, 0.717) is 25.7 Å². The van der Waals surface area contributed by atoms with E-state index in [0.717, 1.165) is 69.9 Å². The quantitative estimate of drug-likeness (QED) is 0.0825. The molecule has 7 unspecified atom stereocenters. The number of aromatic hydroxyl groups is 3. The van der Waals surface area contributed by atoms with Crippen LogP contribution in [0.1, 0.15) is 107 Å². The molecule has 41 heavy (non-hydrogen) atoms. The standard InChI is InChI=1S/C30H50O11/c1-2-3-13-21(40-30-29(39)28(38)27(37)25(18-31)41-30)15-19(32)12-10-8-6-4-5-7-9-11-14-22(34)26-23(35)16-20(33)17-24(26)36/h16-17,19,21,25,27-33,35-39H,2-15,18H2,1H3. The molecule has 0 radical (unpaired) electrons. The summed E-state index contributed by atoms with van der Waals surface area (Å²) >= 11 is 0. The van der Waals surface area contributed by atoms with Crippen LogP contribution in [0.4, 0.5) is 0 Å². The number of aliphatic hydroxyl groups is 5. The molecule has 236 valence electrons. The zero-order chi connectivity index (χ0) is 30.4. The largest absolute Gasteiger partial charge is 0.508 e. The van der Waals surface area contributed by atoms with Gasteiger partial charge < -0.3 is 50.3 Å². The molecule has 0 saturated carbocycles. The molecule has 2 rings (SSSR count). The highest BCUT2D eigenvalue weighted by molar-refractivity contribution is 6.01. The summed E-state index contributed by atoms with van der Waals surface area (Å²) in [6.07, 6.45) is 3.37. The molecule has 1 aromatic rings. The maximum Gasteiger partial charge on any atom is 0.186 e. The van der Waals surface area contributed by atoms with Crippen LogP contribution in [0.15, 0.2) is 12.1 Å². The first-order valence-corrected chi connectivity index (χ1v) is 15.0. The first-order valence-electron chi connectivity index (χ1n) is 15.0. The summed E-state index contributed by atoms with van der Waals surface area (Å²) in [5.41, 5.74) is -0.151. The van der Waals surface area contributed by atoms with E-state index >= 15 is 0 Å². The van der Waals surface area contributed by atoms with Crippen molar-refractivity contribution in [3.63, 3.8) is 0 Å². The van der Waals surface area contributed by atoms with Crippen molar-refractivity contribution < 1.29 is 55.1 Å². The van der Waals surface area contributed by atoms with Gasteiger partial charge in [-0.3, -0.25) is 4.79 Å². The van der Waals surface area contributed by atoms with Crippen LogP contribution >= 0.6 is 0 Å². The number of phenolic OH excluding ortho intramolecular Hbond substituents is 3. The Balaban J connectivity index is 1.60. The number of aliphatic hydroxyl groups excluding tert-OH is 5. The van der Waals surface area contributed by atoms with Gasteiger partial charge in [0.15, 0.2) is 12.1 Å². The maximum absolute atomic E-state index is 12.3. The smallest absolute Gasteiger partial charge is 0.186 e. The van der Waals surface area contributed by atoms with E-state index in [-0.39, 0.29) is 23.5 Å². The average molecular weight is 587 g/mol. The molecule has 7 atom stereocenters. The lowest BCUT2D eigenvalue weighted by Crippen LogP contribution is -2.59. The Morgan fingerprint density at radius 3 is 2.02 bits per heavy atom. The Hall–Kier alpha value is -1.99. The molecule has 1 saturated heterocycles. The molecule has 8 N–H and O–H groups in total. The highest BCUT2D eigenvalue weighted by atomic mass is 16.7. The second kappa shape index (κ2) is 18.5. The minimum Gasteiger partial charge on any atom is -0.508 e. The van der Waals surface area contributed by atoms with Crippen LogP contribution in [0.5, 0.6) is 17.2 Å². The van der Waals surface area contributed by atoms with Crippen molar-refractivity contribution in [2.75, 3.05) is 6.61 Å². The molecule has 0 aliphatic carbocycles. The topological polar surface area (TPSA) is 197 Å². The normalized spacial score (nSPS) is 24.3. The van der Waals surface area contributed by atoms with Gasteiger partial charge in [-0.15, -0.1) is 0 Å². The Morgan fingerprint density at radius 1 is 0.854 bits per heavy atom. The van der Waals surface area contributed by atoms with Gasteiger partial charge in [0.1, 0.15) is 47.2 Å². The Labute approximate surface area is 242 Å². The molecule has 1 fully saturated rings. The van der Waals surface area contributed by atoms with Crippen molar-refractivity contribution in [3.05, 3.63) is 17.7 Å². The minimum atomic E-state index is -1.50. The second-order valence-electron chi connectivity index (χ2n) is 11.1. The Bertz CT molecular complexity index is 870. The number of benzene rings is 1. The van der Waals surface area contributed by atoms with Gasteiger partial charge in [0.25, 0.3) is 0 Å². The summed E-state index contributed by atoms with van der Waals surface area (Å²) in [6, 6.07) is 2.07. The van der Waals surface area contributed by atoms with Gasteiger partial charge in [0.05, 0.1) is 18.8 Å². The lowest BCUT2D eigenvalue weighted by atomic mass is 9.98. The summed E-state index contributed by atoms with van der Waals surface area (Å²) in [6.45, 7) is 1.51. The zero-order valence-electron chi connectivity index (χ0n) is 24.1. The van der Waals surface area contributed by atoms with Gasteiger partial charge >= 0.3 is 0 Å². The van der Waals surface area contributed by atoms with Crippen molar-refractivity contribution in [1.29, 1.82) is 0 Å². The lowest BCUT2D eigenvalue weighted by molar-refractivity contribution is -0.313. The fourth-order valence-electron chi connectivity index (χ4n) is 5.20. The average Bonchev–Trinajstić information content (AvgIpc) is 2.92. The van der Waals surface area contributed by atoms with Crippen molar-refractivity contribution >= 4 is 5.78 Å². The zero-order valence-corrected chi connectivity index (χ0v) is 24.1. The first-order chi connectivity index (χ1) is 19.6. The lowest BCUT2D eigenvalue weighted by Gasteiger charge is -2.41. The number of carbonyl (C=O) groups excluding carboxylic acids is 1. The number of carbonyl (C=O) groups is 1. The number of Topliss-reactive ketones (excluding diaryl/α,β-unsaturated/α-hetero) is 1. The summed E-state index contributed by atoms with van der Waals surface area (Å²) in [5, 5.41) is 79.2. The molecule has 1 aliphatic heterocycles. The molecular weight excluding hydrogens is 536 g/mol. The number of phenols is 3. The predicted molar refractivity (Wildman–Crippen MR) is 151 cm³/mol. The van der Waals surface area contributed by atoms with Crippen LogP contribution < -0.4 is 0 Å². The van der Waals surface area contributed by atoms with Gasteiger partial charge in [-0.05, 0) is 25.7 Å². The number of ether oxygens (including phenoxy) is 2. The second-order valence-corrected chi connectivity index (χ2v) is 11.1. The summed E-state index contributed by atoms with van der Waals surface area (Å²) in [7, 11) is 0. The minimum absolute atomic E-state index is 0.151. The predicted octanol–water partition coefficient (Wildman–Crippen LogP) is 3.01. The van der Waals surface area contributed by atoms with E-state index in [1.54, 1.807) is 0 Å². The summed E-state index contributed by atoms with van der Waals surface area (Å²) < 4.78 is 11.4. The van der Waals surface area contributed by atoms with Crippen molar-refractivity contribution in [1.82, 2.24) is 0 Å². The molecule has 1 heterocycles. The number of hydrogen-bond acceptors (Lipinski definition) is 11. The van der Waals surface area contributed by atoms with Gasteiger partial charge in [0, 0.05) is 18.6 Å². The van der Waals surface area contributed by atoms with Crippen LogP contribution in [0.3, 0.4) is 0 Å². The van der Waals surface area contributed by atoms with E-state index in [2.05, 4.69) is 0 Å². The molecule has 11 nitrogen and oxygen atoms in total. The summed E-state index contributed by atoms with van der Waals surface area (Å²) in [4.78, 5) is 12.3. The number of rotatable bonds is 20. The van der Waals surface area contributed by atoms with Gasteiger partial charge in [0.2, 0.25) is 0 Å². The highest BCUT2D eigenvalue weighted by Gasteiger charge is 2.44. The Kier molecular flexibility index (Phi) is 15.9. The van der Waals surface area contributed by atoms with Crippen LogP contribution in [0.25, 0.3) is 0 Å². The van der Waals surface area contributed by atoms with Crippen LogP contribution in [0.2, 0.25) is 0 Å². The van der Waals surface area contributed by atoms with Gasteiger partial charge in [-0.1, -0.05) is 64.7 Å². The van der Waals surface area contributed by atoms with Crippen LogP contribution in [-0.4, -0.2) is 96.2 Å². The van der Waals surface area contributed by atoms with Crippen molar-refractivity contribution in [3.8, 4) is 17.2 Å². The molecule has 0 amide bonds. The third-order valence-electron chi connectivity index (χ3n) is 7.64. The van der Waals surface area contributed by atoms with Gasteiger partial charge in [-0.2, -0.15) is 0 Å². The highest BCUT2D eigenvalue weighted by Crippen LogP contribution is 2.33. The van der Waals surface area contributed by atoms with E-state index in [1.165, 1.54) is 0 Å². The number of unbranched alkanes of at least 4 members (excludes halogenated alkanes) is 8. The summed E-state index contributed by atoms with van der Waals surface area (Å²) in [5.74, 6) is -1.50. The number of hydrogen-bond donors (Lipinski definition) is 8. The molecule has 1 aliphatic rings. The van der Waals surface area contributed by atoms with Crippen molar-refractivity contribution in [2.45, 2.75) is 140 Å². The van der Waals surface area contributed by atoms with E-state index < -0.39 is 61.0 Å². The monoisotopic (exact) mass is 586 g/mol. The third-order valence-corrected chi connectivity index (χ3v) is 7.64. The SMILES string of the molecule is CCCCC(CC(O)CCCCCCCCCCC(=O)c1c(O)cc(O)cc1O)OC1OC(CO)C(O)C(O)C1O. The van der Waals surface area contributed by atoms with E-state index in [4.69, 9.17) is 9.47 Å². The van der Waals surface area contributed by atoms with E-state index in [1.807, 2.05) is 6.92 Å². The molecule has 0 aromatic heterocycles. The molecule has 0 spiro atoms. The number of ketones is 1. The van der Waals surface area contributed by atoms with Gasteiger partial charge in [-0.25, -0.2) is 0 Å². The Morgan fingerprint density at radius 2 is 1.44 bits per heavy atom. The maximum atomic E-state index is 12.3. The third kappa shape index (κ3) is 11.7. The fraction of sp³-hybridized carbons (Fsp3) is 0.767. The van der Waals surface area contributed by atoms with Crippen LogP contribution in [-0.2, 0) is 9.47 Å². The van der Waals surface area contributed by atoms with Crippen molar-refractivity contribution in [2.24, 2.45) is 0 Å². The fourth-order valence-corrected chi connectivity index (χ4v) is 5.20. The van der Waals surface area contributed by atoms with Crippen LogP contribution in [0, 0.1) is 0 Å². The molecule has 1 aromatic carbocycles. The van der Waals surface area contributed by atoms with E-state index in [9.17, 15) is 45.6 Å². The molecule has 0 bridgehead atoms. The molecular formula is C30H50O11. The first kappa shape index (κ1) is 35.2. The molecule has 11 heteroatoms.